The second kappa shape index (κ2) is 7.87. The molecule has 2 N–H and O–H groups in total. The number of rotatable bonds is 6. The predicted molar refractivity (Wildman–Crippen MR) is 104 cm³/mol. The zero-order valence-corrected chi connectivity index (χ0v) is 15.0. The molecule has 2 aromatic carbocycles. The summed E-state index contributed by atoms with van der Waals surface area (Å²) in [6, 6.07) is 14.7. The van der Waals surface area contributed by atoms with Gasteiger partial charge in [0.05, 0.1) is 19.0 Å². The molecule has 0 atom stereocenters. The number of aromatic nitrogens is 1. The van der Waals surface area contributed by atoms with Crippen molar-refractivity contribution in [3.63, 3.8) is 0 Å². The van der Waals surface area contributed by atoms with E-state index in [0.29, 0.717) is 5.69 Å². The molecule has 1 amide bonds. The molecule has 0 aliphatic heterocycles. The minimum atomic E-state index is -0.123. The van der Waals surface area contributed by atoms with Gasteiger partial charge >= 0.3 is 0 Å². The van der Waals surface area contributed by atoms with Crippen molar-refractivity contribution in [2.45, 2.75) is 26.2 Å². The van der Waals surface area contributed by atoms with Crippen LogP contribution in [0.25, 0.3) is 10.9 Å². The van der Waals surface area contributed by atoms with E-state index in [-0.39, 0.29) is 17.9 Å². The van der Waals surface area contributed by atoms with Gasteiger partial charge < -0.3 is 15.0 Å². The third kappa shape index (κ3) is 4.11. The Morgan fingerprint density at radius 1 is 1.12 bits per heavy atom. The van der Waals surface area contributed by atoms with Crippen molar-refractivity contribution in [3.8, 4) is 5.75 Å². The number of aromatic amines is 1. The lowest BCUT2D eigenvalue weighted by Crippen LogP contribution is -2.14. The van der Waals surface area contributed by atoms with E-state index in [0.717, 1.165) is 40.6 Å². The number of amides is 1. The Labute approximate surface area is 152 Å². The molecule has 1 heterocycles. The van der Waals surface area contributed by atoms with Crippen molar-refractivity contribution < 1.29 is 9.53 Å². The van der Waals surface area contributed by atoms with Gasteiger partial charge in [0, 0.05) is 17.1 Å². The number of ether oxygens (including phenoxy) is 1. The van der Waals surface area contributed by atoms with Crippen LogP contribution in [0, 0.1) is 0 Å². The van der Waals surface area contributed by atoms with E-state index in [9.17, 15) is 9.59 Å². The van der Waals surface area contributed by atoms with Crippen LogP contribution in [-0.4, -0.2) is 18.0 Å². The summed E-state index contributed by atoms with van der Waals surface area (Å²) in [4.78, 5) is 27.0. The smallest absolute Gasteiger partial charge is 0.248 e. The molecule has 1 aromatic heterocycles. The van der Waals surface area contributed by atoms with Gasteiger partial charge in [-0.2, -0.15) is 0 Å². The van der Waals surface area contributed by atoms with Crippen LogP contribution in [0.15, 0.2) is 53.3 Å². The van der Waals surface area contributed by atoms with Crippen molar-refractivity contribution in [1.29, 1.82) is 0 Å². The van der Waals surface area contributed by atoms with Crippen molar-refractivity contribution >= 4 is 22.5 Å². The SMILES string of the molecule is CCCc1cc(=O)[nH]c2cc(NC(=O)Cc3ccc(OC)cc3)ccc12. The maximum absolute atomic E-state index is 12.3. The number of pyridine rings is 1. The zero-order chi connectivity index (χ0) is 18.5. The van der Waals surface area contributed by atoms with Crippen molar-refractivity contribution in [3.05, 3.63) is 70.0 Å². The highest BCUT2D eigenvalue weighted by molar-refractivity contribution is 5.95. The van der Waals surface area contributed by atoms with Crippen LogP contribution in [0.5, 0.6) is 5.75 Å². The number of aryl methyl sites for hydroxylation is 1. The maximum atomic E-state index is 12.3. The van der Waals surface area contributed by atoms with E-state index >= 15 is 0 Å². The highest BCUT2D eigenvalue weighted by atomic mass is 16.5. The van der Waals surface area contributed by atoms with Crippen LogP contribution in [-0.2, 0) is 17.6 Å². The summed E-state index contributed by atoms with van der Waals surface area (Å²) >= 11 is 0. The first-order valence-electron chi connectivity index (χ1n) is 8.68. The van der Waals surface area contributed by atoms with Gasteiger partial charge in [0.15, 0.2) is 0 Å². The van der Waals surface area contributed by atoms with Gasteiger partial charge in [-0.1, -0.05) is 31.5 Å². The van der Waals surface area contributed by atoms with Crippen LogP contribution < -0.4 is 15.6 Å². The molecular formula is C21H22N2O3. The fourth-order valence-corrected chi connectivity index (χ4v) is 3.02. The summed E-state index contributed by atoms with van der Waals surface area (Å²) < 4.78 is 5.12. The fraction of sp³-hybridized carbons (Fsp3) is 0.238. The number of nitrogens with one attached hydrogen (secondary N) is 2. The average molecular weight is 350 g/mol. The van der Waals surface area contributed by atoms with Gasteiger partial charge in [-0.25, -0.2) is 0 Å². The second-order valence-electron chi connectivity index (χ2n) is 6.24. The molecule has 0 saturated heterocycles. The Morgan fingerprint density at radius 2 is 1.88 bits per heavy atom. The number of methoxy groups -OCH3 is 1. The summed E-state index contributed by atoms with van der Waals surface area (Å²) in [5.74, 6) is 0.650. The molecule has 5 nitrogen and oxygen atoms in total. The van der Waals surface area contributed by atoms with E-state index < -0.39 is 0 Å². The normalized spacial score (nSPS) is 10.7. The van der Waals surface area contributed by atoms with Crippen molar-refractivity contribution in [2.75, 3.05) is 12.4 Å². The molecule has 0 aliphatic rings. The molecule has 3 rings (SSSR count). The number of hydrogen-bond acceptors (Lipinski definition) is 3. The molecule has 0 radical (unpaired) electrons. The second-order valence-corrected chi connectivity index (χ2v) is 6.24. The monoisotopic (exact) mass is 350 g/mol. The first-order chi connectivity index (χ1) is 12.6. The fourth-order valence-electron chi connectivity index (χ4n) is 3.02. The Hall–Kier alpha value is -3.08. The van der Waals surface area contributed by atoms with Gasteiger partial charge in [0.25, 0.3) is 0 Å². The summed E-state index contributed by atoms with van der Waals surface area (Å²) in [7, 11) is 1.61. The molecule has 26 heavy (non-hydrogen) atoms. The maximum Gasteiger partial charge on any atom is 0.248 e. The van der Waals surface area contributed by atoms with Crippen LogP contribution in [0.1, 0.15) is 24.5 Å². The van der Waals surface area contributed by atoms with Crippen LogP contribution in [0.4, 0.5) is 5.69 Å². The summed E-state index contributed by atoms with van der Waals surface area (Å²) in [6.45, 7) is 2.08. The Bertz CT molecular complexity index is 975. The first-order valence-corrected chi connectivity index (χ1v) is 8.68. The number of anilines is 1. The van der Waals surface area contributed by atoms with E-state index in [1.807, 2.05) is 42.5 Å². The largest absolute Gasteiger partial charge is 0.497 e. The van der Waals surface area contributed by atoms with Gasteiger partial charge in [-0.3, -0.25) is 9.59 Å². The Kier molecular flexibility index (Phi) is 5.37. The molecule has 134 valence electrons. The molecule has 0 bridgehead atoms. The third-order valence-corrected chi connectivity index (χ3v) is 4.26. The summed E-state index contributed by atoms with van der Waals surface area (Å²) in [6.07, 6.45) is 2.09. The first kappa shape index (κ1) is 17.7. The number of fused-ring (bicyclic) bond motifs is 1. The third-order valence-electron chi connectivity index (χ3n) is 4.26. The Balaban J connectivity index is 1.77. The highest BCUT2D eigenvalue weighted by Gasteiger charge is 2.08. The minimum absolute atomic E-state index is 0.110. The van der Waals surface area contributed by atoms with Gasteiger partial charge in [0.2, 0.25) is 11.5 Å². The van der Waals surface area contributed by atoms with E-state index in [2.05, 4.69) is 17.2 Å². The standard InChI is InChI=1S/C21H22N2O3/c1-3-4-15-12-21(25)23-19-13-16(7-10-18(15)19)22-20(24)11-14-5-8-17(26-2)9-6-14/h5-10,12-13H,3-4,11H2,1-2H3,(H,22,24)(H,23,25). The molecule has 3 aromatic rings. The van der Waals surface area contributed by atoms with E-state index in [1.165, 1.54) is 0 Å². The van der Waals surface area contributed by atoms with E-state index in [1.54, 1.807) is 13.2 Å². The minimum Gasteiger partial charge on any atom is -0.497 e. The average Bonchev–Trinajstić information content (AvgIpc) is 2.62. The molecule has 0 aliphatic carbocycles. The zero-order valence-electron chi connectivity index (χ0n) is 15.0. The van der Waals surface area contributed by atoms with Gasteiger partial charge in [0.1, 0.15) is 5.75 Å². The van der Waals surface area contributed by atoms with E-state index in [4.69, 9.17) is 4.74 Å². The predicted octanol–water partition coefficient (Wildman–Crippen LogP) is 3.67. The molecular weight excluding hydrogens is 328 g/mol. The number of H-pyrrole nitrogens is 1. The highest BCUT2D eigenvalue weighted by Crippen LogP contribution is 2.21. The lowest BCUT2D eigenvalue weighted by Gasteiger charge is -2.09. The Morgan fingerprint density at radius 3 is 2.58 bits per heavy atom. The number of carbonyl (C=O) groups is 1. The van der Waals surface area contributed by atoms with Crippen LogP contribution in [0.3, 0.4) is 0 Å². The quantitative estimate of drug-likeness (QED) is 0.712. The van der Waals surface area contributed by atoms with Gasteiger partial charge in [-0.05, 0) is 41.8 Å². The molecule has 0 fully saturated rings. The van der Waals surface area contributed by atoms with Crippen molar-refractivity contribution in [2.24, 2.45) is 0 Å². The molecule has 0 saturated carbocycles. The number of hydrogen-bond donors (Lipinski definition) is 2. The number of carbonyl (C=O) groups excluding carboxylic acids is 1. The summed E-state index contributed by atoms with van der Waals surface area (Å²) in [5, 5.41) is 3.90. The lowest BCUT2D eigenvalue weighted by atomic mass is 10.0. The summed E-state index contributed by atoms with van der Waals surface area (Å²) in [5.41, 5.74) is 3.22. The molecule has 0 unspecified atom stereocenters. The molecule has 0 spiro atoms. The van der Waals surface area contributed by atoms with Crippen molar-refractivity contribution in [1.82, 2.24) is 4.98 Å². The molecule has 5 heteroatoms. The van der Waals surface area contributed by atoms with Crippen LogP contribution in [0.2, 0.25) is 0 Å². The topological polar surface area (TPSA) is 71.2 Å². The number of benzene rings is 2. The van der Waals surface area contributed by atoms with Crippen LogP contribution >= 0.6 is 0 Å². The lowest BCUT2D eigenvalue weighted by molar-refractivity contribution is -0.115. The van der Waals surface area contributed by atoms with Gasteiger partial charge in [-0.15, -0.1) is 0 Å².